The van der Waals surface area contributed by atoms with E-state index in [1.807, 2.05) is 32.0 Å². The standard InChI is InChI=1S/C14H11N5O2S.C3H9N/c1-19-10(5-6-12-16-8-11(22-12)14(20)21)13(17-18-19)9-4-2-3-7-15-9;1-3(2)4/h2-8H,1H3,(H,20,21);3H,4H2,1-2H3/b6-5+;. The molecule has 26 heavy (non-hydrogen) atoms. The fraction of sp³-hybridized carbons (Fsp3) is 0.235. The van der Waals surface area contributed by atoms with Crippen molar-refractivity contribution in [3.8, 4) is 11.4 Å². The van der Waals surface area contributed by atoms with Gasteiger partial charge in [-0.15, -0.1) is 16.4 Å². The molecule has 0 aliphatic heterocycles. The normalized spacial score (nSPS) is 10.8. The first kappa shape index (κ1) is 19.4. The molecule has 0 aliphatic rings. The van der Waals surface area contributed by atoms with E-state index < -0.39 is 5.97 Å². The fourth-order valence-electron chi connectivity index (χ4n) is 1.85. The van der Waals surface area contributed by atoms with E-state index in [2.05, 4.69) is 20.3 Å². The number of aromatic carboxylic acids is 1. The third-order valence-electron chi connectivity index (χ3n) is 2.90. The number of thiazole rings is 1. The minimum atomic E-state index is -0.978. The van der Waals surface area contributed by atoms with E-state index in [0.29, 0.717) is 16.7 Å². The summed E-state index contributed by atoms with van der Waals surface area (Å²) in [4.78, 5) is 19.4. The molecule has 9 heteroatoms. The maximum atomic E-state index is 10.9. The molecule has 0 saturated carbocycles. The molecule has 0 radical (unpaired) electrons. The van der Waals surface area contributed by atoms with Gasteiger partial charge in [-0.3, -0.25) is 4.98 Å². The second kappa shape index (κ2) is 8.97. The summed E-state index contributed by atoms with van der Waals surface area (Å²) in [5.74, 6) is -0.978. The number of nitrogens with two attached hydrogens (primary N) is 1. The van der Waals surface area contributed by atoms with Gasteiger partial charge in [-0.2, -0.15) is 0 Å². The van der Waals surface area contributed by atoms with Crippen molar-refractivity contribution in [3.63, 3.8) is 0 Å². The number of carbonyl (C=O) groups is 1. The molecule has 0 aromatic carbocycles. The lowest BCUT2D eigenvalue weighted by Crippen LogP contribution is -2.06. The largest absolute Gasteiger partial charge is 0.477 e. The predicted octanol–water partition coefficient (Wildman–Crippen LogP) is 2.56. The molecule has 3 N–H and O–H groups in total. The quantitative estimate of drug-likeness (QED) is 0.722. The van der Waals surface area contributed by atoms with Crippen molar-refractivity contribution in [3.05, 3.63) is 46.2 Å². The zero-order valence-electron chi connectivity index (χ0n) is 14.7. The number of nitrogens with zero attached hydrogens (tertiary/aromatic N) is 5. The van der Waals surface area contributed by atoms with Crippen LogP contribution < -0.4 is 5.73 Å². The van der Waals surface area contributed by atoms with Crippen molar-refractivity contribution in [1.29, 1.82) is 0 Å². The van der Waals surface area contributed by atoms with Crippen LogP contribution in [-0.4, -0.2) is 42.1 Å². The average Bonchev–Trinajstić information content (AvgIpc) is 3.20. The highest BCUT2D eigenvalue weighted by Crippen LogP contribution is 2.21. The maximum absolute atomic E-state index is 10.9. The minimum absolute atomic E-state index is 0.202. The Hall–Kier alpha value is -2.91. The van der Waals surface area contributed by atoms with Gasteiger partial charge in [-0.25, -0.2) is 14.5 Å². The summed E-state index contributed by atoms with van der Waals surface area (Å²) >= 11 is 1.11. The van der Waals surface area contributed by atoms with Crippen LogP contribution in [0.2, 0.25) is 0 Å². The van der Waals surface area contributed by atoms with Gasteiger partial charge in [0.2, 0.25) is 0 Å². The minimum Gasteiger partial charge on any atom is -0.477 e. The number of carboxylic acids is 1. The zero-order chi connectivity index (χ0) is 19.1. The highest BCUT2D eigenvalue weighted by atomic mass is 32.1. The summed E-state index contributed by atoms with van der Waals surface area (Å²) in [6.07, 6.45) is 6.57. The molecule has 0 fully saturated rings. The molecule has 3 heterocycles. The Morgan fingerprint density at radius 1 is 1.31 bits per heavy atom. The average molecular weight is 372 g/mol. The van der Waals surface area contributed by atoms with Crippen LogP contribution in [0.25, 0.3) is 23.5 Å². The van der Waals surface area contributed by atoms with Gasteiger partial charge < -0.3 is 10.8 Å². The molecular weight excluding hydrogens is 352 g/mol. The molecule has 8 nitrogen and oxygen atoms in total. The Morgan fingerprint density at radius 2 is 2.04 bits per heavy atom. The van der Waals surface area contributed by atoms with Crippen LogP contribution in [0, 0.1) is 0 Å². The zero-order valence-corrected chi connectivity index (χ0v) is 15.5. The molecule has 0 bridgehead atoms. The van der Waals surface area contributed by atoms with E-state index in [9.17, 15) is 4.79 Å². The van der Waals surface area contributed by atoms with Crippen molar-refractivity contribution in [1.82, 2.24) is 25.0 Å². The Kier molecular flexibility index (Phi) is 6.70. The number of hydrogen-bond donors (Lipinski definition) is 2. The molecule has 3 aromatic heterocycles. The van der Waals surface area contributed by atoms with Crippen LogP contribution >= 0.6 is 11.3 Å². The Labute approximate surface area is 155 Å². The van der Waals surface area contributed by atoms with Crippen LogP contribution in [0.3, 0.4) is 0 Å². The molecule has 0 atom stereocenters. The number of aryl methyl sites for hydroxylation is 1. The summed E-state index contributed by atoms with van der Waals surface area (Å²) in [5.41, 5.74) is 7.26. The van der Waals surface area contributed by atoms with Gasteiger partial charge in [0.25, 0.3) is 0 Å². The van der Waals surface area contributed by atoms with Crippen molar-refractivity contribution >= 4 is 29.5 Å². The predicted molar refractivity (Wildman–Crippen MR) is 102 cm³/mol. The lowest BCUT2D eigenvalue weighted by Gasteiger charge is -1.98. The van der Waals surface area contributed by atoms with Crippen molar-refractivity contribution in [2.24, 2.45) is 12.8 Å². The van der Waals surface area contributed by atoms with E-state index in [1.54, 1.807) is 30.1 Å². The second-order valence-corrected chi connectivity index (χ2v) is 6.67. The topological polar surface area (TPSA) is 120 Å². The van der Waals surface area contributed by atoms with Gasteiger partial charge in [0.1, 0.15) is 15.6 Å². The summed E-state index contributed by atoms with van der Waals surface area (Å²) in [5, 5.41) is 17.6. The summed E-state index contributed by atoms with van der Waals surface area (Å²) < 4.78 is 1.63. The lowest BCUT2D eigenvalue weighted by molar-refractivity contribution is 0.0702. The first-order valence-electron chi connectivity index (χ1n) is 7.82. The number of aromatic nitrogens is 5. The molecule has 3 rings (SSSR count). The van der Waals surface area contributed by atoms with Crippen LogP contribution in [0.15, 0.2) is 30.6 Å². The molecule has 3 aromatic rings. The van der Waals surface area contributed by atoms with Gasteiger partial charge in [-0.1, -0.05) is 25.1 Å². The monoisotopic (exact) mass is 372 g/mol. The van der Waals surface area contributed by atoms with E-state index in [4.69, 9.17) is 10.8 Å². The number of carboxylic acid groups (broad SMARTS) is 1. The lowest BCUT2D eigenvalue weighted by atomic mass is 10.2. The molecular formula is C17H20N6O2S. The highest BCUT2D eigenvalue weighted by molar-refractivity contribution is 7.14. The summed E-state index contributed by atoms with van der Waals surface area (Å²) in [6, 6.07) is 5.90. The molecule has 0 spiro atoms. The first-order valence-corrected chi connectivity index (χ1v) is 8.64. The SMILES string of the molecule is CC(C)N.Cn1nnc(-c2ccccn2)c1/C=C/c1ncc(C(=O)O)s1. The second-order valence-electron chi connectivity index (χ2n) is 5.61. The van der Waals surface area contributed by atoms with Crippen molar-refractivity contribution in [2.75, 3.05) is 0 Å². The summed E-state index contributed by atoms with van der Waals surface area (Å²) in [6.45, 7) is 3.89. The third-order valence-corrected chi connectivity index (χ3v) is 3.85. The first-order chi connectivity index (χ1) is 12.4. The van der Waals surface area contributed by atoms with E-state index in [1.165, 1.54) is 6.20 Å². The van der Waals surface area contributed by atoms with Gasteiger partial charge >= 0.3 is 5.97 Å². The number of pyridine rings is 1. The van der Waals surface area contributed by atoms with Crippen LogP contribution in [0.4, 0.5) is 0 Å². The summed E-state index contributed by atoms with van der Waals surface area (Å²) in [7, 11) is 1.78. The van der Waals surface area contributed by atoms with Crippen molar-refractivity contribution in [2.45, 2.75) is 19.9 Å². The van der Waals surface area contributed by atoms with Crippen LogP contribution in [0.1, 0.15) is 34.2 Å². The number of rotatable bonds is 4. The van der Waals surface area contributed by atoms with Gasteiger partial charge in [-0.05, 0) is 30.3 Å². The Balaban J connectivity index is 0.000000552. The van der Waals surface area contributed by atoms with Gasteiger partial charge in [0.15, 0.2) is 0 Å². The van der Waals surface area contributed by atoms with E-state index >= 15 is 0 Å². The van der Waals surface area contributed by atoms with E-state index in [-0.39, 0.29) is 4.88 Å². The fourth-order valence-corrected chi connectivity index (χ4v) is 2.51. The van der Waals surface area contributed by atoms with Gasteiger partial charge in [0, 0.05) is 13.2 Å². The molecule has 136 valence electrons. The Bertz CT molecular complexity index is 883. The third kappa shape index (κ3) is 5.30. The Morgan fingerprint density at radius 3 is 2.62 bits per heavy atom. The smallest absolute Gasteiger partial charge is 0.347 e. The maximum Gasteiger partial charge on any atom is 0.347 e. The number of hydrogen-bond acceptors (Lipinski definition) is 7. The highest BCUT2D eigenvalue weighted by Gasteiger charge is 2.12. The molecule has 0 aliphatic carbocycles. The molecule has 0 saturated heterocycles. The van der Waals surface area contributed by atoms with Crippen LogP contribution in [-0.2, 0) is 7.05 Å². The van der Waals surface area contributed by atoms with E-state index in [0.717, 1.165) is 22.7 Å². The van der Waals surface area contributed by atoms with Gasteiger partial charge in [0.05, 0.1) is 17.6 Å². The molecule has 0 unspecified atom stereocenters. The van der Waals surface area contributed by atoms with Crippen LogP contribution in [0.5, 0.6) is 0 Å². The molecule has 0 amide bonds. The van der Waals surface area contributed by atoms with Crippen molar-refractivity contribution < 1.29 is 9.90 Å².